The predicted octanol–water partition coefficient (Wildman–Crippen LogP) is 5.69. The van der Waals surface area contributed by atoms with Crippen LogP contribution in [0.4, 0.5) is 10.5 Å². The number of amides is 1. The Labute approximate surface area is 225 Å². The number of nitrogens with zero attached hydrogens (tertiary/aromatic N) is 5. The Morgan fingerprint density at radius 3 is 2.64 bits per heavy atom. The highest BCUT2D eigenvalue weighted by molar-refractivity contribution is 9.10. The molecule has 0 aliphatic carbocycles. The van der Waals surface area contributed by atoms with Gasteiger partial charge in [0.2, 0.25) is 11.8 Å². The third-order valence-electron chi connectivity index (χ3n) is 6.16. The molecule has 0 spiro atoms. The van der Waals surface area contributed by atoms with Crippen LogP contribution in [0.3, 0.4) is 0 Å². The van der Waals surface area contributed by atoms with Crippen LogP contribution >= 0.6 is 27.5 Å². The van der Waals surface area contributed by atoms with E-state index in [9.17, 15) is 4.79 Å². The number of ether oxygens (including phenoxy) is 1. The van der Waals surface area contributed by atoms with Gasteiger partial charge in [0.15, 0.2) is 0 Å². The number of rotatable bonds is 5. The second-order valence-electron chi connectivity index (χ2n) is 10.5. The number of hydrogen-bond acceptors (Lipinski definition) is 6. The lowest BCUT2D eigenvalue weighted by Crippen LogP contribution is -2.46. The molecular formula is C26H30BrClN5O3+. The maximum atomic E-state index is 12.5. The molecule has 1 aliphatic rings. The summed E-state index contributed by atoms with van der Waals surface area (Å²) in [5.41, 5.74) is 2.01. The van der Waals surface area contributed by atoms with Crippen LogP contribution < -0.4 is 9.88 Å². The minimum atomic E-state index is -0.511. The molecular weight excluding hydrogens is 546 g/mol. The SMILES string of the molecule is CN(CC1(C)CCN(c2cc(Br)ccc2-c2nnc(-c3cc#[n+]c(Cl)c3)o2)CC1)C(=O)OC(C)(C)C. The molecule has 3 heterocycles. The van der Waals surface area contributed by atoms with E-state index in [1.54, 1.807) is 24.1 Å². The fourth-order valence-corrected chi connectivity index (χ4v) is 4.82. The third kappa shape index (κ3) is 6.29. The van der Waals surface area contributed by atoms with Gasteiger partial charge in [-0.05, 0) is 62.2 Å². The van der Waals surface area contributed by atoms with Crippen molar-refractivity contribution in [2.75, 3.05) is 31.6 Å². The number of hydrogen-bond donors (Lipinski definition) is 0. The fraction of sp³-hybridized carbons (Fsp3) is 0.462. The van der Waals surface area contributed by atoms with E-state index in [-0.39, 0.29) is 11.5 Å². The Morgan fingerprint density at radius 2 is 1.97 bits per heavy atom. The van der Waals surface area contributed by atoms with E-state index >= 15 is 0 Å². The van der Waals surface area contributed by atoms with E-state index in [4.69, 9.17) is 20.8 Å². The minimum absolute atomic E-state index is 0.0108. The van der Waals surface area contributed by atoms with Crippen LogP contribution in [0.5, 0.6) is 0 Å². The van der Waals surface area contributed by atoms with Crippen molar-refractivity contribution in [3.8, 4) is 22.9 Å². The number of carbonyl (C=O) groups excluding carboxylic acids is 1. The Bertz CT molecular complexity index is 1230. The number of aromatic nitrogens is 3. The molecule has 1 fully saturated rings. The van der Waals surface area contributed by atoms with Crippen molar-refractivity contribution in [2.45, 2.75) is 46.1 Å². The molecule has 8 nitrogen and oxygen atoms in total. The quantitative estimate of drug-likeness (QED) is 0.386. The molecule has 10 heteroatoms. The first-order valence-electron chi connectivity index (χ1n) is 11.8. The Morgan fingerprint density at radius 1 is 1.28 bits per heavy atom. The highest BCUT2D eigenvalue weighted by Gasteiger charge is 2.34. The highest BCUT2D eigenvalue weighted by Crippen LogP contribution is 2.39. The van der Waals surface area contributed by atoms with Crippen LogP contribution in [-0.4, -0.2) is 53.5 Å². The van der Waals surface area contributed by atoms with Gasteiger partial charge in [-0.2, -0.15) is 0 Å². The van der Waals surface area contributed by atoms with Gasteiger partial charge in [-0.3, -0.25) is 0 Å². The van der Waals surface area contributed by atoms with Crippen molar-refractivity contribution in [2.24, 2.45) is 5.41 Å². The Kier molecular flexibility index (Phi) is 7.48. The second kappa shape index (κ2) is 10.3. The molecule has 1 aromatic carbocycles. The topological polar surface area (TPSA) is 85.8 Å². The lowest BCUT2D eigenvalue weighted by Gasteiger charge is -2.42. The van der Waals surface area contributed by atoms with Crippen LogP contribution in [0.1, 0.15) is 40.5 Å². The monoisotopic (exact) mass is 574 g/mol. The first-order valence-corrected chi connectivity index (χ1v) is 13.0. The maximum Gasteiger partial charge on any atom is 0.410 e. The van der Waals surface area contributed by atoms with Crippen LogP contribution in [0.15, 0.2) is 39.2 Å². The summed E-state index contributed by atoms with van der Waals surface area (Å²) in [6.45, 7) is 10.2. The van der Waals surface area contributed by atoms with Gasteiger partial charge in [0.05, 0.1) is 28.9 Å². The number of piperidine rings is 1. The molecule has 0 radical (unpaired) electrons. The molecule has 190 valence electrons. The van der Waals surface area contributed by atoms with Gasteiger partial charge < -0.3 is 19.0 Å². The molecule has 4 rings (SSSR count). The van der Waals surface area contributed by atoms with Gasteiger partial charge in [0, 0.05) is 42.8 Å². The summed E-state index contributed by atoms with van der Waals surface area (Å²) in [6, 6.07) is 9.34. The lowest BCUT2D eigenvalue weighted by atomic mass is 9.79. The van der Waals surface area contributed by atoms with E-state index in [1.165, 1.54) is 0 Å². The van der Waals surface area contributed by atoms with E-state index in [0.717, 1.165) is 41.7 Å². The summed E-state index contributed by atoms with van der Waals surface area (Å²) in [5, 5.41) is 8.82. The Balaban J connectivity index is 1.49. The first kappa shape index (κ1) is 26.2. The standard InChI is InChI=1S/C26H30BrClN5O3/c1-25(2,3)36-24(34)32(5)16-26(4)9-12-33(13-10-26)20-15-18(27)6-7-19(20)23-31-30-22(35-23)17-8-11-29-21(28)14-17/h6-8,14-15H,9-10,12-13,16H2,1-5H3/q+1. The zero-order valence-electron chi connectivity index (χ0n) is 21.1. The van der Waals surface area contributed by atoms with Crippen molar-refractivity contribution < 1.29 is 18.9 Å². The molecule has 2 aromatic heterocycles. The minimum Gasteiger partial charge on any atom is -0.444 e. The highest BCUT2D eigenvalue weighted by atomic mass is 79.9. The molecule has 1 aliphatic heterocycles. The predicted molar refractivity (Wildman–Crippen MR) is 141 cm³/mol. The van der Waals surface area contributed by atoms with E-state index in [1.807, 2.05) is 32.9 Å². The van der Waals surface area contributed by atoms with E-state index in [0.29, 0.717) is 29.0 Å². The Hall–Kier alpha value is -2.83. The molecule has 3 aromatic rings. The molecule has 0 N–H and O–H groups in total. The summed E-state index contributed by atoms with van der Waals surface area (Å²) < 4.78 is 12.5. The van der Waals surface area contributed by atoms with Crippen LogP contribution in [0.25, 0.3) is 22.9 Å². The summed E-state index contributed by atoms with van der Waals surface area (Å²) in [4.78, 5) is 20.4. The lowest BCUT2D eigenvalue weighted by molar-refractivity contribution is -0.291. The van der Waals surface area contributed by atoms with Gasteiger partial charge in [0.1, 0.15) is 5.60 Å². The summed E-state index contributed by atoms with van der Waals surface area (Å²) >= 11 is 9.59. The van der Waals surface area contributed by atoms with Gasteiger partial charge in [-0.1, -0.05) is 22.9 Å². The molecule has 1 saturated heterocycles. The van der Waals surface area contributed by atoms with Gasteiger partial charge >= 0.3 is 17.4 Å². The number of carbonyl (C=O) groups is 1. The molecule has 0 saturated carbocycles. The average Bonchev–Trinajstić information content (AvgIpc) is 3.28. The van der Waals surface area contributed by atoms with Gasteiger partial charge in [-0.15, -0.1) is 10.2 Å². The molecule has 36 heavy (non-hydrogen) atoms. The molecule has 0 unspecified atom stereocenters. The second-order valence-corrected chi connectivity index (χ2v) is 11.8. The normalized spacial score (nSPS) is 15.4. The van der Waals surface area contributed by atoms with Crippen molar-refractivity contribution in [3.63, 3.8) is 0 Å². The maximum absolute atomic E-state index is 12.5. The molecule has 1 amide bonds. The molecule has 0 bridgehead atoms. The zero-order chi connectivity index (χ0) is 26.1. The first-order chi connectivity index (χ1) is 16.9. The van der Waals surface area contributed by atoms with Crippen LogP contribution in [0.2, 0.25) is 5.15 Å². The van der Waals surface area contributed by atoms with Crippen molar-refractivity contribution in [1.29, 1.82) is 0 Å². The van der Waals surface area contributed by atoms with Crippen LogP contribution in [-0.2, 0) is 4.74 Å². The van der Waals surface area contributed by atoms with Gasteiger partial charge in [-0.25, -0.2) is 4.79 Å². The van der Waals surface area contributed by atoms with Gasteiger partial charge in [0.25, 0.3) is 0 Å². The molecule has 0 atom stereocenters. The van der Waals surface area contributed by atoms with Crippen molar-refractivity contribution >= 4 is 39.3 Å². The average molecular weight is 576 g/mol. The number of benzene rings is 1. The van der Waals surface area contributed by atoms with Crippen molar-refractivity contribution in [1.82, 2.24) is 15.1 Å². The summed E-state index contributed by atoms with van der Waals surface area (Å²) in [6.07, 6.45) is 4.29. The number of halogens is 2. The third-order valence-corrected chi connectivity index (χ3v) is 6.85. The summed E-state index contributed by atoms with van der Waals surface area (Å²) in [5.74, 6) is 0.786. The number of anilines is 1. The largest absolute Gasteiger partial charge is 0.444 e. The van der Waals surface area contributed by atoms with Crippen molar-refractivity contribution in [3.05, 3.63) is 46.2 Å². The van der Waals surface area contributed by atoms with E-state index < -0.39 is 5.60 Å². The van der Waals surface area contributed by atoms with E-state index in [2.05, 4.69) is 55.2 Å². The summed E-state index contributed by atoms with van der Waals surface area (Å²) in [7, 11) is 1.80. The zero-order valence-corrected chi connectivity index (χ0v) is 23.5. The van der Waals surface area contributed by atoms with Crippen LogP contribution in [0, 0.1) is 11.6 Å². The fourth-order valence-electron chi connectivity index (χ4n) is 4.31. The smallest absolute Gasteiger partial charge is 0.410 e.